The number of carbonyl (C=O) groups excluding carboxylic acids is 3. The summed E-state index contributed by atoms with van der Waals surface area (Å²) in [6.07, 6.45) is 2.28. The van der Waals surface area contributed by atoms with Crippen LogP contribution in [0.4, 0.5) is 4.39 Å². The zero-order valence-electron chi connectivity index (χ0n) is 16.8. The molecule has 1 atom stereocenters. The maximum Gasteiger partial charge on any atom is 0.335 e. The number of hydrogen-bond acceptors (Lipinski definition) is 4. The van der Waals surface area contributed by atoms with E-state index in [0.717, 1.165) is 6.08 Å². The lowest BCUT2D eigenvalue weighted by Gasteiger charge is -2.29. The summed E-state index contributed by atoms with van der Waals surface area (Å²) < 4.78 is 17.9. The Morgan fingerprint density at radius 1 is 0.933 bits per heavy atom. The van der Waals surface area contributed by atoms with Crippen molar-refractivity contribution in [1.29, 1.82) is 0 Å². The van der Waals surface area contributed by atoms with Crippen LogP contribution in [0.2, 0.25) is 0 Å². The molecule has 0 aliphatic heterocycles. The largest absolute Gasteiger partial charge is 0.467 e. The Labute approximate surface area is 175 Å². The standard InChI is InChI=1S/C23H25FN2O4/c1-30-22(29)23(15-16-24,26-21(28)19-12-6-3-7-13-19)14-8-9-17-25-20(27)18-10-4-2-5-11-18/h2-7,10-13,15-16H,8-9,14,17H2,1H3,(H,25,27)(H,26,28)/b16-15-/t23-/m1/s1. The third-order valence-corrected chi connectivity index (χ3v) is 4.59. The molecule has 0 spiro atoms. The quantitative estimate of drug-likeness (QED) is 0.463. The second-order valence-electron chi connectivity index (χ2n) is 6.65. The minimum absolute atomic E-state index is 0.111. The van der Waals surface area contributed by atoms with Crippen LogP contribution in [0.5, 0.6) is 0 Å². The van der Waals surface area contributed by atoms with Crippen molar-refractivity contribution in [2.45, 2.75) is 24.8 Å². The molecule has 0 fully saturated rings. The number of halogens is 1. The second kappa shape index (κ2) is 11.5. The topological polar surface area (TPSA) is 84.5 Å². The number of unbranched alkanes of at least 4 members (excludes halogenated alkanes) is 1. The normalized spacial score (nSPS) is 12.7. The van der Waals surface area contributed by atoms with Crippen LogP contribution in [0.3, 0.4) is 0 Å². The third kappa shape index (κ3) is 6.27. The fourth-order valence-electron chi connectivity index (χ4n) is 2.98. The molecule has 0 saturated carbocycles. The van der Waals surface area contributed by atoms with Crippen LogP contribution in [0.1, 0.15) is 40.0 Å². The Morgan fingerprint density at radius 3 is 2.03 bits per heavy atom. The van der Waals surface area contributed by atoms with Crippen LogP contribution in [0.25, 0.3) is 0 Å². The monoisotopic (exact) mass is 412 g/mol. The van der Waals surface area contributed by atoms with Crippen LogP contribution in [-0.2, 0) is 9.53 Å². The molecule has 0 saturated heterocycles. The summed E-state index contributed by atoms with van der Waals surface area (Å²) in [6.45, 7) is 0.372. The molecule has 2 N–H and O–H groups in total. The Kier molecular flexibility index (Phi) is 8.75. The molecule has 0 aliphatic carbocycles. The smallest absolute Gasteiger partial charge is 0.335 e. The molecule has 0 unspecified atom stereocenters. The van der Waals surface area contributed by atoms with E-state index in [-0.39, 0.29) is 18.7 Å². The van der Waals surface area contributed by atoms with Gasteiger partial charge in [0.15, 0.2) is 5.54 Å². The minimum atomic E-state index is -1.64. The highest BCUT2D eigenvalue weighted by Gasteiger charge is 2.38. The van der Waals surface area contributed by atoms with Gasteiger partial charge in [-0.15, -0.1) is 0 Å². The first-order valence-corrected chi connectivity index (χ1v) is 9.59. The van der Waals surface area contributed by atoms with Gasteiger partial charge in [-0.1, -0.05) is 36.4 Å². The molecule has 7 heteroatoms. The van der Waals surface area contributed by atoms with Gasteiger partial charge in [0.05, 0.1) is 13.4 Å². The lowest BCUT2D eigenvalue weighted by Crippen LogP contribution is -2.53. The van der Waals surface area contributed by atoms with Gasteiger partial charge in [0.1, 0.15) is 0 Å². The first-order valence-electron chi connectivity index (χ1n) is 9.59. The van der Waals surface area contributed by atoms with Crippen LogP contribution >= 0.6 is 0 Å². The number of rotatable bonds is 10. The van der Waals surface area contributed by atoms with Gasteiger partial charge in [0.2, 0.25) is 0 Å². The predicted octanol–water partition coefficient (Wildman–Crippen LogP) is 3.41. The van der Waals surface area contributed by atoms with E-state index in [4.69, 9.17) is 4.74 Å². The fraction of sp³-hybridized carbons (Fsp3) is 0.261. The summed E-state index contributed by atoms with van der Waals surface area (Å²) in [7, 11) is 1.18. The third-order valence-electron chi connectivity index (χ3n) is 4.59. The van der Waals surface area contributed by atoms with Gasteiger partial charge in [-0.2, -0.15) is 0 Å². The highest BCUT2D eigenvalue weighted by Crippen LogP contribution is 2.20. The number of carbonyl (C=O) groups is 3. The minimum Gasteiger partial charge on any atom is -0.467 e. The summed E-state index contributed by atoms with van der Waals surface area (Å²) in [4.78, 5) is 37.0. The van der Waals surface area contributed by atoms with E-state index >= 15 is 0 Å². The first kappa shape index (κ1) is 22.8. The Hall–Kier alpha value is -3.48. The van der Waals surface area contributed by atoms with E-state index in [2.05, 4.69) is 10.6 Å². The second-order valence-corrected chi connectivity index (χ2v) is 6.65. The SMILES string of the molecule is COC(=O)[C@](/C=C\F)(CCCCNC(=O)c1ccccc1)NC(=O)c1ccccc1. The molecule has 30 heavy (non-hydrogen) atoms. The van der Waals surface area contributed by atoms with Crippen LogP contribution in [0.15, 0.2) is 73.1 Å². The van der Waals surface area contributed by atoms with E-state index in [0.29, 0.717) is 30.5 Å². The molecule has 0 bridgehead atoms. The average molecular weight is 412 g/mol. The molecule has 2 rings (SSSR count). The van der Waals surface area contributed by atoms with E-state index in [1.807, 2.05) is 6.07 Å². The van der Waals surface area contributed by atoms with Crippen molar-refractivity contribution in [2.24, 2.45) is 0 Å². The summed E-state index contributed by atoms with van der Waals surface area (Å²) in [5.41, 5.74) is -0.745. The van der Waals surface area contributed by atoms with Gasteiger partial charge in [-0.25, -0.2) is 9.18 Å². The van der Waals surface area contributed by atoms with Gasteiger partial charge >= 0.3 is 5.97 Å². The van der Waals surface area contributed by atoms with E-state index in [9.17, 15) is 18.8 Å². The van der Waals surface area contributed by atoms with E-state index in [1.165, 1.54) is 7.11 Å². The van der Waals surface area contributed by atoms with Gasteiger partial charge < -0.3 is 15.4 Å². The maximum absolute atomic E-state index is 13.1. The maximum atomic E-state index is 13.1. The molecule has 158 valence electrons. The first-order chi connectivity index (χ1) is 14.5. The number of hydrogen-bond donors (Lipinski definition) is 2. The van der Waals surface area contributed by atoms with Gasteiger partial charge in [-0.3, -0.25) is 9.59 Å². The molecule has 0 aliphatic rings. The summed E-state index contributed by atoms with van der Waals surface area (Å²) in [5.74, 6) is -1.48. The molecule has 2 aromatic carbocycles. The highest BCUT2D eigenvalue weighted by molar-refractivity contribution is 5.99. The number of ether oxygens (including phenoxy) is 1. The zero-order chi connectivity index (χ0) is 21.8. The number of benzene rings is 2. The van der Waals surface area contributed by atoms with Crippen molar-refractivity contribution >= 4 is 17.8 Å². The van der Waals surface area contributed by atoms with E-state index < -0.39 is 17.4 Å². The molecule has 2 aromatic rings. The molecule has 0 heterocycles. The van der Waals surface area contributed by atoms with Gasteiger partial charge in [-0.05, 0) is 49.6 Å². The highest BCUT2D eigenvalue weighted by atomic mass is 19.1. The summed E-state index contributed by atoms with van der Waals surface area (Å²) >= 11 is 0. The average Bonchev–Trinajstić information content (AvgIpc) is 2.79. The Bertz CT molecular complexity index is 871. The number of nitrogens with one attached hydrogen (secondary N) is 2. The number of esters is 1. The lowest BCUT2D eigenvalue weighted by molar-refractivity contribution is -0.146. The van der Waals surface area contributed by atoms with Crippen LogP contribution < -0.4 is 10.6 Å². The van der Waals surface area contributed by atoms with Crippen molar-refractivity contribution in [3.05, 3.63) is 84.2 Å². The lowest BCUT2D eigenvalue weighted by atomic mass is 9.91. The predicted molar refractivity (Wildman–Crippen MR) is 112 cm³/mol. The Balaban J connectivity index is 1.98. The number of methoxy groups -OCH3 is 1. The van der Waals surface area contributed by atoms with E-state index in [1.54, 1.807) is 54.6 Å². The van der Waals surface area contributed by atoms with Gasteiger partial charge in [0, 0.05) is 17.7 Å². The zero-order valence-corrected chi connectivity index (χ0v) is 16.8. The van der Waals surface area contributed by atoms with Crippen molar-refractivity contribution in [1.82, 2.24) is 10.6 Å². The number of amides is 2. The Morgan fingerprint density at radius 2 is 1.50 bits per heavy atom. The molecule has 6 nitrogen and oxygen atoms in total. The summed E-state index contributed by atoms with van der Waals surface area (Å²) in [5, 5.41) is 5.39. The summed E-state index contributed by atoms with van der Waals surface area (Å²) in [6, 6.07) is 17.1. The van der Waals surface area contributed by atoms with Crippen molar-refractivity contribution in [2.75, 3.05) is 13.7 Å². The van der Waals surface area contributed by atoms with Crippen molar-refractivity contribution < 1.29 is 23.5 Å². The molecular weight excluding hydrogens is 387 g/mol. The molecule has 0 aromatic heterocycles. The van der Waals surface area contributed by atoms with Crippen molar-refractivity contribution in [3.8, 4) is 0 Å². The molecule has 0 radical (unpaired) electrons. The van der Waals surface area contributed by atoms with Crippen LogP contribution in [0, 0.1) is 0 Å². The molecule has 2 amide bonds. The van der Waals surface area contributed by atoms with Gasteiger partial charge in [0.25, 0.3) is 11.8 Å². The van der Waals surface area contributed by atoms with Crippen LogP contribution in [-0.4, -0.2) is 37.0 Å². The fourth-order valence-corrected chi connectivity index (χ4v) is 2.98. The molecular formula is C23H25FN2O4. The van der Waals surface area contributed by atoms with Crippen molar-refractivity contribution in [3.63, 3.8) is 0 Å².